The Morgan fingerprint density at radius 3 is 1.71 bits per heavy atom. The van der Waals surface area contributed by atoms with Crippen LogP contribution in [-0.2, 0) is 24.4 Å². The molecular weight excluding hydrogens is 268 g/mol. The van der Waals surface area contributed by atoms with Gasteiger partial charge in [-0.15, -0.1) is 0 Å². The summed E-state index contributed by atoms with van der Waals surface area (Å²) in [7, 11) is -6.03. The minimum absolute atomic E-state index is 0.190. The molecular formula is C9H14O6S2. The molecule has 0 saturated heterocycles. The van der Waals surface area contributed by atoms with Crippen molar-refractivity contribution in [3.05, 3.63) is 29.8 Å². The Bertz CT molecular complexity index is 534. The lowest BCUT2D eigenvalue weighted by Gasteiger charge is -2.00. The zero-order chi connectivity index (χ0) is 13.7. The van der Waals surface area contributed by atoms with Crippen LogP contribution in [-0.4, -0.2) is 34.8 Å². The van der Waals surface area contributed by atoms with E-state index in [-0.39, 0.29) is 4.90 Å². The van der Waals surface area contributed by atoms with Crippen molar-refractivity contribution < 1.29 is 25.6 Å². The number of rotatable bonds is 2. The summed E-state index contributed by atoms with van der Waals surface area (Å²) in [6, 6.07) is 6.50. The van der Waals surface area contributed by atoms with Crippen LogP contribution in [0.1, 0.15) is 5.56 Å². The molecule has 0 bridgehead atoms. The average Bonchev–Trinajstić information content (AvgIpc) is 2.16. The van der Waals surface area contributed by atoms with E-state index in [9.17, 15) is 16.8 Å². The first kappa shape index (κ1) is 16.0. The zero-order valence-electron chi connectivity index (χ0n) is 9.61. The summed E-state index contributed by atoms with van der Waals surface area (Å²) < 4.78 is 52.4. The molecule has 0 atom stereocenters. The minimum atomic E-state index is -3.67. The van der Waals surface area contributed by atoms with Crippen molar-refractivity contribution in [3.63, 3.8) is 0 Å². The van der Waals surface area contributed by atoms with Gasteiger partial charge in [-0.05, 0) is 19.1 Å². The molecule has 0 saturated carbocycles. The molecule has 0 aliphatic heterocycles. The van der Waals surface area contributed by atoms with E-state index in [0.29, 0.717) is 6.26 Å². The molecule has 0 fully saturated rings. The average molecular weight is 282 g/mol. The van der Waals surface area contributed by atoms with Gasteiger partial charge in [-0.25, -0.2) is 0 Å². The molecule has 1 aromatic rings. The van der Waals surface area contributed by atoms with Crippen LogP contribution in [0.25, 0.3) is 0 Å². The van der Waals surface area contributed by atoms with Gasteiger partial charge < -0.3 is 0 Å². The van der Waals surface area contributed by atoms with Crippen LogP contribution < -0.4 is 0 Å². The highest BCUT2D eigenvalue weighted by molar-refractivity contribution is 7.86. The molecule has 1 rings (SSSR count). The van der Waals surface area contributed by atoms with Gasteiger partial charge in [0.1, 0.15) is 0 Å². The highest BCUT2D eigenvalue weighted by atomic mass is 32.2. The molecule has 0 unspecified atom stereocenters. The summed E-state index contributed by atoms with van der Waals surface area (Å²) >= 11 is 0. The van der Waals surface area contributed by atoms with E-state index in [4.69, 9.17) is 4.55 Å². The van der Waals surface area contributed by atoms with E-state index >= 15 is 0 Å². The predicted molar refractivity (Wildman–Crippen MR) is 62.8 cm³/mol. The van der Waals surface area contributed by atoms with Gasteiger partial charge in [-0.1, -0.05) is 17.7 Å². The summed E-state index contributed by atoms with van der Waals surface area (Å²) in [4.78, 5) is 0.190. The minimum Gasteiger partial charge on any atom is -0.286 e. The van der Waals surface area contributed by atoms with Crippen LogP contribution in [0, 0.1) is 6.92 Å². The van der Waals surface area contributed by atoms with Crippen LogP contribution in [0.5, 0.6) is 0 Å². The lowest BCUT2D eigenvalue weighted by atomic mass is 10.2. The topological polar surface area (TPSA) is 97.7 Å². The number of hydrogen-bond donors (Lipinski definition) is 1. The van der Waals surface area contributed by atoms with Gasteiger partial charge in [-0.3, -0.25) is 8.74 Å². The summed E-state index contributed by atoms with van der Waals surface area (Å²) in [5, 5.41) is 0. The normalized spacial score (nSPS) is 11.5. The van der Waals surface area contributed by atoms with Crippen molar-refractivity contribution in [3.8, 4) is 0 Å². The van der Waals surface area contributed by atoms with Crippen molar-refractivity contribution >= 4 is 20.2 Å². The Kier molecular flexibility index (Phi) is 5.76. The maximum Gasteiger partial charge on any atom is 0.296 e. The molecule has 0 aromatic heterocycles. The molecule has 1 aromatic carbocycles. The Labute approximate surface area is 101 Å². The Morgan fingerprint density at radius 2 is 1.41 bits per heavy atom. The lowest BCUT2D eigenvalue weighted by molar-refractivity contribution is 0.397. The molecule has 6 nitrogen and oxygen atoms in total. The summed E-state index contributed by atoms with van der Waals surface area (Å²) in [5.41, 5.74) is 1.02. The predicted octanol–water partition coefficient (Wildman–Crippen LogP) is 0.834. The second kappa shape index (κ2) is 6.10. The van der Waals surface area contributed by atoms with Crippen LogP contribution in [0.4, 0.5) is 0 Å². The smallest absolute Gasteiger partial charge is 0.286 e. The fourth-order valence-electron chi connectivity index (χ4n) is 0.801. The van der Waals surface area contributed by atoms with E-state index in [2.05, 4.69) is 4.18 Å². The zero-order valence-corrected chi connectivity index (χ0v) is 11.2. The number of hydrogen-bond acceptors (Lipinski definition) is 5. The van der Waals surface area contributed by atoms with Gasteiger partial charge in [0.15, 0.2) is 0 Å². The van der Waals surface area contributed by atoms with Crippen LogP contribution in [0.3, 0.4) is 0 Å². The molecule has 0 aliphatic carbocycles. The fraction of sp³-hybridized carbons (Fsp3) is 0.333. The van der Waals surface area contributed by atoms with Crippen molar-refractivity contribution in [1.82, 2.24) is 0 Å². The largest absolute Gasteiger partial charge is 0.296 e. The van der Waals surface area contributed by atoms with E-state index in [1.807, 2.05) is 6.92 Å². The van der Waals surface area contributed by atoms with E-state index in [1.54, 1.807) is 12.1 Å². The highest BCUT2D eigenvalue weighted by Crippen LogP contribution is 2.11. The van der Waals surface area contributed by atoms with Gasteiger partial charge in [0.05, 0.1) is 18.3 Å². The van der Waals surface area contributed by atoms with Crippen LogP contribution in [0.15, 0.2) is 29.2 Å². The van der Waals surface area contributed by atoms with Gasteiger partial charge in [0.25, 0.3) is 20.2 Å². The van der Waals surface area contributed by atoms with E-state index in [0.717, 1.165) is 12.7 Å². The SMILES string of the molecule is COS(=O)(=O)c1ccc(C)cc1.CS(=O)(=O)O. The fourth-order valence-corrected chi connectivity index (χ4v) is 1.46. The molecule has 1 N–H and O–H groups in total. The third-order valence-electron chi connectivity index (χ3n) is 1.53. The number of aryl methyl sites for hydroxylation is 1. The van der Waals surface area contributed by atoms with Gasteiger partial charge in [0.2, 0.25) is 0 Å². The summed E-state index contributed by atoms with van der Waals surface area (Å²) in [6.07, 6.45) is 0.715. The molecule has 8 heteroatoms. The van der Waals surface area contributed by atoms with Crippen molar-refractivity contribution in [1.29, 1.82) is 0 Å². The molecule has 98 valence electrons. The highest BCUT2D eigenvalue weighted by Gasteiger charge is 2.10. The van der Waals surface area contributed by atoms with Crippen LogP contribution >= 0.6 is 0 Å². The molecule has 0 amide bonds. The Balaban J connectivity index is 0.000000437. The third-order valence-corrected chi connectivity index (χ3v) is 2.82. The first-order valence-electron chi connectivity index (χ1n) is 4.36. The van der Waals surface area contributed by atoms with Gasteiger partial charge in [0, 0.05) is 0 Å². The molecule has 17 heavy (non-hydrogen) atoms. The molecule has 0 radical (unpaired) electrons. The van der Waals surface area contributed by atoms with E-state index < -0.39 is 20.2 Å². The second-order valence-electron chi connectivity index (χ2n) is 3.17. The maximum absolute atomic E-state index is 11.1. The summed E-state index contributed by atoms with van der Waals surface area (Å²) in [5.74, 6) is 0. The first-order valence-corrected chi connectivity index (χ1v) is 7.61. The van der Waals surface area contributed by atoms with Crippen molar-refractivity contribution in [2.24, 2.45) is 0 Å². The number of benzene rings is 1. The quantitative estimate of drug-likeness (QED) is 0.637. The van der Waals surface area contributed by atoms with Crippen LogP contribution in [0.2, 0.25) is 0 Å². The van der Waals surface area contributed by atoms with Crippen molar-refractivity contribution in [2.45, 2.75) is 11.8 Å². The third kappa shape index (κ3) is 7.86. The molecule has 0 heterocycles. The first-order chi connectivity index (χ1) is 7.56. The monoisotopic (exact) mass is 282 g/mol. The van der Waals surface area contributed by atoms with Crippen molar-refractivity contribution in [2.75, 3.05) is 13.4 Å². The lowest BCUT2D eigenvalue weighted by Crippen LogP contribution is -2.02. The van der Waals surface area contributed by atoms with E-state index in [1.165, 1.54) is 12.1 Å². The maximum atomic E-state index is 11.1. The van der Waals surface area contributed by atoms with Gasteiger partial charge in [-0.2, -0.15) is 16.8 Å². The standard InChI is InChI=1S/C8H10O3S.CH4O3S/c1-7-3-5-8(6-4-7)12(9,10)11-2;1-5(2,3)4/h3-6H,1-2H3;1H3,(H,2,3,4). The summed E-state index contributed by atoms with van der Waals surface area (Å²) in [6.45, 7) is 1.89. The molecule has 0 spiro atoms. The second-order valence-corrected chi connectivity index (χ2v) is 6.35. The Morgan fingerprint density at radius 1 is 1.06 bits per heavy atom. The molecule has 0 aliphatic rings. The Hall–Kier alpha value is -0.960. The van der Waals surface area contributed by atoms with Gasteiger partial charge >= 0.3 is 0 Å².